The van der Waals surface area contributed by atoms with Gasteiger partial charge in [0.1, 0.15) is 11.3 Å². The van der Waals surface area contributed by atoms with Gasteiger partial charge in [0.15, 0.2) is 0 Å². The van der Waals surface area contributed by atoms with Crippen LogP contribution in [0.15, 0.2) is 54.6 Å². The van der Waals surface area contributed by atoms with Crippen molar-refractivity contribution in [2.75, 3.05) is 20.7 Å². The van der Waals surface area contributed by atoms with Crippen molar-refractivity contribution < 1.29 is 19.1 Å². The average molecular weight is 410 g/mol. The summed E-state index contributed by atoms with van der Waals surface area (Å²) in [7, 11) is 3.38. The molecule has 1 atom stereocenters. The van der Waals surface area contributed by atoms with Crippen molar-refractivity contribution in [1.29, 1.82) is 0 Å². The predicted molar refractivity (Wildman–Crippen MR) is 111 cm³/mol. The largest absolute Gasteiger partial charge is 0.497 e. The van der Waals surface area contributed by atoms with E-state index in [4.69, 9.17) is 4.74 Å². The van der Waals surface area contributed by atoms with E-state index in [9.17, 15) is 14.4 Å². The summed E-state index contributed by atoms with van der Waals surface area (Å²) in [5.74, 6) is -0.213. The van der Waals surface area contributed by atoms with Crippen LogP contribution in [0.2, 0.25) is 0 Å². The van der Waals surface area contributed by atoms with E-state index in [1.165, 1.54) is 0 Å². The molecule has 0 bridgehead atoms. The Kier molecular flexibility index (Phi) is 6.37. The maximum atomic E-state index is 13.1. The number of nitrogens with zero attached hydrogens (tertiary/aromatic N) is 2. The molecule has 0 aromatic heterocycles. The van der Waals surface area contributed by atoms with Gasteiger partial charge in [-0.15, -0.1) is 0 Å². The quantitative estimate of drug-likeness (QED) is 0.650. The number of ether oxygens (including phenoxy) is 1. The Morgan fingerprint density at radius 2 is 1.90 bits per heavy atom. The van der Waals surface area contributed by atoms with Gasteiger partial charge in [0.2, 0.25) is 0 Å². The van der Waals surface area contributed by atoms with Crippen LogP contribution in [0.3, 0.4) is 0 Å². The van der Waals surface area contributed by atoms with Crippen LogP contribution in [0.5, 0.6) is 5.75 Å². The van der Waals surface area contributed by atoms with Crippen molar-refractivity contribution in [2.45, 2.75) is 25.4 Å². The Hall–Kier alpha value is -3.39. The Labute approximate surface area is 175 Å². The molecular formula is C22H26N4O4. The van der Waals surface area contributed by atoms with Gasteiger partial charge in [-0.25, -0.2) is 4.79 Å². The van der Waals surface area contributed by atoms with Crippen molar-refractivity contribution in [3.63, 3.8) is 0 Å². The van der Waals surface area contributed by atoms with E-state index in [0.29, 0.717) is 18.5 Å². The van der Waals surface area contributed by atoms with Crippen LogP contribution in [0.25, 0.3) is 0 Å². The second-order valence-corrected chi connectivity index (χ2v) is 7.25. The summed E-state index contributed by atoms with van der Waals surface area (Å²) in [4.78, 5) is 39.8. The number of urea groups is 1. The maximum absolute atomic E-state index is 13.1. The molecule has 1 saturated heterocycles. The number of hydrogen-bond donors (Lipinski definition) is 2. The van der Waals surface area contributed by atoms with Gasteiger partial charge in [-0.05, 0) is 36.7 Å². The standard InChI is InChI=1S/C22H26N4O4/c1-4-22(17-10-6-5-7-11-17)20(28)26(21(29)23-22)24-19(27)15-25(2)14-16-9-8-12-18(13-16)30-3/h5-13H,4,14-15H2,1-3H3,(H,23,29)(H,24,27)/t22-/m0/s1. The summed E-state index contributed by atoms with van der Waals surface area (Å²) >= 11 is 0. The number of amides is 4. The molecule has 0 aliphatic carbocycles. The Bertz CT molecular complexity index is 934. The minimum absolute atomic E-state index is 0.0126. The van der Waals surface area contributed by atoms with E-state index >= 15 is 0 Å². The van der Waals surface area contributed by atoms with Gasteiger partial charge in [0, 0.05) is 6.54 Å². The van der Waals surface area contributed by atoms with Gasteiger partial charge in [0.25, 0.3) is 11.8 Å². The van der Waals surface area contributed by atoms with Crippen LogP contribution in [-0.2, 0) is 21.7 Å². The summed E-state index contributed by atoms with van der Waals surface area (Å²) < 4.78 is 5.21. The first-order valence-corrected chi connectivity index (χ1v) is 9.73. The molecule has 0 saturated carbocycles. The van der Waals surface area contributed by atoms with Gasteiger partial charge < -0.3 is 10.1 Å². The molecule has 2 aromatic rings. The number of hydrazine groups is 1. The number of benzene rings is 2. The fourth-order valence-electron chi connectivity index (χ4n) is 3.58. The number of hydrogen-bond acceptors (Lipinski definition) is 5. The number of carbonyl (C=O) groups is 3. The van der Waals surface area contributed by atoms with Crippen LogP contribution >= 0.6 is 0 Å². The van der Waals surface area contributed by atoms with Crippen molar-refractivity contribution >= 4 is 17.8 Å². The molecule has 0 unspecified atom stereocenters. The minimum Gasteiger partial charge on any atom is -0.497 e. The SMILES string of the molecule is CC[C@@]1(c2ccccc2)NC(=O)N(NC(=O)CN(C)Cc2cccc(OC)c2)C1=O. The Morgan fingerprint density at radius 3 is 2.57 bits per heavy atom. The number of likely N-dealkylation sites (N-methyl/N-ethyl adjacent to an activating group) is 1. The first kappa shape index (κ1) is 21.3. The summed E-state index contributed by atoms with van der Waals surface area (Å²) in [5.41, 5.74) is 2.92. The topological polar surface area (TPSA) is 91.0 Å². The van der Waals surface area contributed by atoms with E-state index in [1.54, 1.807) is 43.3 Å². The zero-order chi connectivity index (χ0) is 21.7. The lowest BCUT2D eigenvalue weighted by atomic mass is 9.87. The van der Waals surface area contributed by atoms with Gasteiger partial charge in [0.05, 0.1) is 13.7 Å². The van der Waals surface area contributed by atoms with Crippen molar-refractivity contribution in [2.24, 2.45) is 0 Å². The molecule has 2 aromatic carbocycles. The van der Waals surface area contributed by atoms with E-state index in [2.05, 4.69) is 10.7 Å². The Morgan fingerprint density at radius 1 is 1.17 bits per heavy atom. The molecule has 1 fully saturated rings. The zero-order valence-electron chi connectivity index (χ0n) is 17.3. The lowest BCUT2D eigenvalue weighted by Crippen LogP contribution is -2.50. The minimum atomic E-state index is -1.18. The highest BCUT2D eigenvalue weighted by atomic mass is 16.5. The lowest BCUT2D eigenvalue weighted by Gasteiger charge is -2.25. The fraction of sp³-hybridized carbons (Fsp3) is 0.318. The predicted octanol–water partition coefficient (Wildman–Crippen LogP) is 2.02. The van der Waals surface area contributed by atoms with E-state index in [-0.39, 0.29) is 6.54 Å². The third-order valence-corrected chi connectivity index (χ3v) is 5.13. The van der Waals surface area contributed by atoms with E-state index in [1.807, 2.05) is 37.3 Å². The maximum Gasteiger partial charge on any atom is 0.344 e. The highest BCUT2D eigenvalue weighted by Gasteiger charge is 2.52. The van der Waals surface area contributed by atoms with Crippen LogP contribution in [0, 0.1) is 0 Å². The van der Waals surface area contributed by atoms with Gasteiger partial charge in [-0.1, -0.05) is 49.4 Å². The fourth-order valence-corrected chi connectivity index (χ4v) is 3.58. The molecule has 1 aliphatic rings. The smallest absolute Gasteiger partial charge is 0.344 e. The molecule has 0 spiro atoms. The van der Waals surface area contributed by atoms with E-state index in [0.717, 1.165) is 16.3 Å². The molecule has 3 rings (SSSR count). The first-order chi connectivity index (χ1) is 14.4. The summed E-state index contributed by atoms with van der Waals surface area (Å²) in [6.07, 6.45) is 0.365. The van der Waals surface area contributed by atoms with Crippen molar-refractivity contribution in [1.82, 2.24) is 20.7 Å². The first-order valence-electron chi connectivity index (χ1n) is 9.73. The van der Waals surface area contributed by atoms with Crippen LogP contribution in [-0.4, -0.2) is 48.5 Å². The molecule has 0 radical (unpaired) electrons. The van der Waals surface area contributed by atoms with Crippen molar-refractivity contribution in [3.8, 4) is 5.75 Å². The third-order valence-electron chi connectivity index (χ3n) is 5.13. The van der Waals surface area contributed by atoms with Crippen LogP contribution in [0.1, 0.15) is 24.5 Å². The van der Waals surface area contributed by atoms with Gasteiger partial charge in [-0.3, -0.25) is 19.9 Å². The molecule has 8 nitrogen and oxygen atoms in total. The second kappa shape index (κ2) is 8.96. The molecule has 8 heteroatoms. The normalized spacial score (nSPS) is 18.5. The molecular weight excluding hydrogens is 384 g/mol. The highest BCUT2D eigenvalue weighted by molar-refractivity contribution is 6.08. The molecule has 158 valence electrons. The van der Waals surface area contributed by atoms with Gasteiger partial charge in [-0.2, -0.15) is 5.01 Å². The number of nitrogens with one attached hydrogen (secondary N) is 2. The third kappa shape index (κ3) is 4.28. The number of methoxy groups -OCH3 is 1. The summed E-state index contributed by atoms with van der Waals surface area (Å²) in [6, 6.07) is 15.9. The lowest BCUT2D eigenvalue weighted by molar-refractivity contribution is -0.139. The zero-order valence-corrected chi connectivity index (χ0v) is 17.3. The second-order valence-electron chi connectivity index (χ2n) is 7.25. The van der Waals surface area contributed by atoms with E-state index < -0.39 is 23.4 Å². The molecule has 1 heterocycles. The summed E-state index contributed by atoms with van der Waals surface area (Å²) in [6.45, 7) is 2.34. The number of carbonyl (C=O) groups excluding carboxylic acids is 3. The van der Waals surface area contributed by atoms with Crippen LogP contribution < -0.4 is 15.5 Å². The van der Waals surface area contributed by atoms with Crippen molar-refractivity contribution in [3.05, 3.63) is 65.7 Å². The molecule has 4 amide bonds. The summed E-state index contributed by atoms with van der Waals surface area (Å²) in [5, 5.41) is 3.52. The molecule has 2 N–H and O–H groups in total. The molecule has 30 heavy (non-hydrogen) atoms. The highest BCUT2D eigenvalue weighted by Crippen LogP contribution is 2.31. The average Bonchev–Trinajstić information content (AvgIpc) is 2.99. The number of rotatable bonds is 8. The number of imide groups is 1. The molecule has 1 aliphatic heterocycles. The Balaban J connectivity index is 1.64. The van der Waals surface area contributed by atoms with Crippen LogP contribution in [0.4, 0.5) is 4.79 Å². The van der Waals surface area contributed by atoms with Gasteiger partial charge >= 0.3 is 6.03 Å². The monoisotopic (exact) mass is 410 g/mol.